The highest BCUT2D eigenvalue weighted by molar-refractivity contribution is 5.89. The first kappa shape index (κ1) is 18.5. The molecule has 8 nitrogen and oxygen atoms in total. The van der Waals surface area contributed by atoms with Gasteiger partial charge < -0.3 is 24.8 Å². The van der Waals surface area contributed by atoms with Gasteiger partial charge in [0.05, 0.1) is 12.7 Å². The van der Waals surface area contributed by atoms with Gasteiger partial charge in [-0.1, -0.05) is 0 Å². The van der Waals surface area contributed by atoms with E-state index in [9.17, 15) is 4.79 Å². The third kappa shape index (κ3) is 4.37. The molecule has 0 aliphatic carbocycles. The fourth-order valence-electron chi connectivity index (χ4n) is 2.89. The number of aromatic nitrogens is 2. The lowest BCUT2D eigenvalue weighted by Crippen LogP contribution is -2.15. The molecule has 3 aromatic rings. The van der Waals surface area contributed by atoms with Gasteiger partial charge in [-0.2, -0.15) is 4.98 Å². The second-order valence-corrected chi connectivity index (χ2v) is 6.40. The Kier molecular flexibility index (Phi) is 5.15. The minimum Gasteiger partial charge on any atom is -0.486 e. The molecule has 148 valence electrons. The van der Waals surface area contributed by atoms with Crippen LogP contribution in [0.3, 0.4) is 0 Å². The zero-order valence-electron chi connectivity index (χ0n) is 16.1. The Balaban J connectivity index is 1.51. The van der Waals surface area contributed by atoms with E-state index < -0.39 is 0 Å². The number of hydrogen-bond donors (Lipinski definition) is 2. The quantitative estimate of drug-likeness (QED) is 0.633. The normalized spacial score (nSPS) is 12.2. The fourth-order valence-corrected chi connectivity index (χ4v) is 2.89. The van der Waals surface area contributed by atoms with Crippen LogP contribution in [0.15, 0.2) is 48.5 Å². The highest BCUT2D eigenvalue weighted by Gasteiger charge is 2.12. The van der Waals surface area contributed by atoms with E-state index >= 15 is 0 Å². The minimum atomic E-state index is -0.375. The Hall–Kier alpha value is -3.81. The molecule has 0 saturated carbocycles. The number of esters is 1. The summed E-state index contributed by atoms with van der Waals surface area (Å²) in [5.41, 5.74) is 2.88. The molecule has 0 unspecified atom stereocenters. The zero-order chi connectivity index (χ0) is 20.2. The van der Waals surface area contributed by atoms with Gasteiger partial charge in [-0.3, -0.25) is 0 Å². The Morgan fingerprint density at radius 2 is 1.66 bits per heavy atom. The number of benzene rings is 2. The van der Waals surface area contributed by atoms with Crippen molar-refractivity contribution < 1.29 is 19.0 Å². The molecule has 2 aromatic carbocycles. The van der Waals surface area contributed by atoms with Crippen molar-refractivity contribution in [2.24, 2.45) is 0 Å². The lowest BCUT2D eigenvalue weighted by Gasteiger charge is -2.19. The smallest absolute Gasteiger partial charge is 0.337 e. The molecule has 2 heterocycles. The Morgan fingerprint density at radius 3 is 2.41 bits per heavy atom. The van der Waals surface area contributed by atoms with Crippen LogP contribution in [0.1, 0.15) is 16.1 Å². The van der Waals surface area contributed by atoms with Crippen molar-refractivity contribution in [2.45, 2.75) is 6.92 Å². The van der Waals surface area contributed by atoms with Gasteiger partial charge in [0.25, 0.3) is 0 Å². The molecule has 0 radical (unpaired) electrons. The molecule has 4 rings (SSSR count). The summed E-state index contributed by atoms with van der Waals surface area (Å²) in [5.74, 6) is 2.13. The molecule has 2 N–H and O–H groups in total. The van der Waals surface area contributed by atoms with Crippen LogP contribution in [0.4, 0.5) is 23.1 Å². The molecule has 1 aliphatic heterocycles. The van der Waals surface area contributed by atoms with Gasteiger partial charge in [0.2, 0.25) is 5.95 Å². The maximum absolute atomic E-state index is 11.5. The average Bonchev–Trinajstić information content (AvgIpc) is 2.73. The van der Waals surface area contributed by atoms with Gasteiger partial charge in [0.1, 0.15) is 19.0 Å². The molecule has 0 spiro atoms. The molecule has 0 atom stereocenters. The monoisotopic (exact) mass is 392 g/mol. The molecule has 0 amide bonds. The molecular formula is C21H20N4O4. The molecule has 0 saturated heterocycles. The van der Waals surface area contributed by atoms with Crippen LogP contribution in [0.5, 0.6) is 11.5 Å². The van der Waals surface area contributed by atoms with Crippen LogP contribution in [-0.4, -0.2) is 36.3 Å². The number of ether oxygens (including phenoxy) is 3. The first-order chi connectivity index (χ1) is 14.1. The maximum Gasteiger partial charge on any atom is 0.337 e. The molecule has 29 heavy (non-hydrogen) atoms. The van der Waals surface area contributed by atoms with E-state index in [1.54, 1.807) is 24.3 Å². The number of hydrogen-bond acceptors (Lipinski definition) is 8. The third-order valence-electron chi connectivity index (χ3n) is 4.23. The number of fused-ring (bicyclic) bond motifs is 1. The number of carbonyl (C=O) groups excluding carboxylic acids is 1. The summed E-state index contributed by atoms with van der Waals surface area (Å²) in [7, 11) is 1.36. The van der Waals surface area contributed by atoms with Crippen LogP contribution in [0.25, 0.3) is 0 Å². The summed E-state index contributed by atoms with van der Waals surface area (Å²) >= 11 is 0. The van der Waals surface area contributed by atoms with Crippen LogP contribution in [0.2, 0.25) is 0 Å². The molecule has 0 fully saturated rings. The van der Waals surface area contributed by atoms with Crippen molar-refractivity contribution in [3.63, 3.8) is 0 Å². The van der Waals surface area contributed by atoms with Gasteiger partial charge >= 0.3 is 5.97 Å². The van der Waals surface area contributed by atoms with Crippen molar-refractivity contribution >= 4 is 29.1 Å². The van der Waals surface area contributed by atoms with E-state index in [-0.39, 0.29) is 5.97 Å². The Labute approximate surface area is 167 Å². The second-order valence-electron chi connectivity index (χ2n) is 6.40. The summed E-state index contributed by atoms with van der Waals surface area (Å²) in [6, 6.07) is 14.4. The van der Waals surface area contributed by atoms with Crippen LogP contribution in [-0.2, 0) is 4.74 Å². The van der Waals surface area contributed by atoms with E-state index in [2.05, 4.69) is 20.6 Å². The summed E-state index contributed by atoms with van der Waals surface area (Å²) in [5, 5.41) is 6.41. The Morgan fingerprint density at radius 1 is 0.931 bits per heavy atom. The SMILES string of the molecule is COC(=O)c1ccc(Nc2cc(C)nc(Nc3ccc4c(c3)OCCO4)n2)cc1. The molecule has 0 bridgehead atoms. The van der Waals surface area contributed by atoms with E-state index in [4.69, 9.17) is 14.2 Å². The number of anilines is 4. The first-order valence-electron chi connectivity index (χ1n) is 9.08. The van der Waals surface area contributed by atoms with Crippen molar-refractivity contribution in [3.05, 3.63) is 59.8 Å². The summed E-state index contributed by atoms with van der Waals surface area (Å²) in [4.78, 5) is 20.5. The largest absolute Gasteiger partial charge is 0.486 e. The van der Waals surface area contributed by atoms with E-state index in [0.29, 0.717) is 36.3 Å². The second kappa shape index (κ2) is 8.05. The minimum absolute atomic E-state index is 0.375. The van der Waals surface area contributed by atoms with Gasteiger partial charge in [0, 0.05) is 29.2 Å². The molecule has 1 aliphatic rings. The van der Waals surface area contributed by atoms with Crippen molar-refractivity contribution in [1.29, 1.82) is 0 Å². The van der Waals surface area contributed by atoms with E-state index in [1.807, 2.05) is 31.2 Å². The van der Waals surface area contributed by atoms with Crippen LogP contribution in [0, 0.1) is 6.92 Å². The first-order valence-corrected chi connectivity index (χ1v) is 9.08. The highest BCUT2D eigenvalue weighted by Crippen LogP contribution is 2.33. The third-order valence-corrected chi connectivity index (χ3v) is 4.23. The van der Waals surface area contributed by atoms with Crippen molar-refractivity contribution in [3.8, 4) is 11.5 Å². The number of aryl methyl sites for hydroxylation is 1. The van der Waals surface area contributed by atoms with Gasteiger partial charge in [-0.25, -0.2) is 9.78 Å². The Bertz CT molecular complexity index is 1040. The summed E-state index contributed by atoms with van der Waals surface area (Å²) < 4.78 is 15.9. The molecule has 8 heteroatoms. The van der Waals surface area contributed by atoms with Gasteiger partial charge in [-0.05, 0) is 43.3 Å². The number of methoxy groups -OCH3 is 1. The predicted molar refractivity (Wildman–Crippen MR) is 109 cm³/mol. The number of rotatable bonds is 5. The van der Waals surface area contributed by atoms with Crippen LogP contribution < -0.4 is 20.1 Å². The summed E-state index contributed by atoms with van der Waals surface area (Å²) in [6.45, 7) is 2.97. The zero-order valence-corrected chi connectivity index (χ0v) is 16.1. The van der Waals surface area contributed by atoms with Gasteiger partial charge in [-0.15, -0.1) is 0 Å². The lowest BCUT2D eigenvalue weighted by atomic mass is 10.2. The highest BCUT2D eigenvalue weighted by atomic mass is 16.6. The molecule has 1 aromatic heterocycles. The lowest BCUT2D eigenvalue weighted by molar-refractivity contribution is 0.0601. The summed E-state index contributed by atoms with van der Waals surface area (Å²) in [6.07, 6.45) is 0. The standard InChI is InChI=1S/C21H20N4O4/c1-13-11-19(23-15-5-3-14(4-6-15)20(26)27-2)25-21(22-13)24-16-7-8-17-18(12-16)29-10-9-28-17/h3-8,11-12H,9-10H2,1-2H3,(H2,22,23,24,25). The van der Waals surface area contributed by atoms with Gasteiger partial charge in [0.15, 0.2) is 11.5 Å². The topological polar surface area (TPSA) is 94.6 Å². The maximum atomic E-state index is 11.5. The van der Waals surface area contributed by atoms with Crippen molar-refractivity contribution in [2.75, 3.05) is 31.0 Å². The number of nitrogens with one attached hydrogen (secondary N) is 2. The number of carbonyl (C=O) groups is 1. The predicted octanol–water partition coefficient (Wildman–Crippen LogP) is 3.83. The van der Waals surface area contributed by atoms with Crippen molar-refractivity contribution in [1.82, 2.24) is 9.97 Å². The van der Waals surface area contributed by atoms with E-state index in [1.165, 1.54) is 7.11 Å². The van der Waals surface area contributed by atoms with E-state index in [0.717, 1.165) is 22.8 Å². The fraction of sp³-hybridized carbons (Fsp3) is 0.190. The van der Waals surface area contributed by atoms with Crippen LogP contribution >= 0.6 is 0 Å². The average molecular weight is 392 g/mol. The number of nitrogens with zero attached hydrogens (tertiary/aromatic N) is 2. The molecular weight excluding hydrogens is 372 g/mol.